The predicted octanol–water partition coefficient (Wildman–Crippen LogP) is 2.06. The molecule has 2 amide bonds. The van der Waals surface area contributed by atoms with Crippen molar-refractivity contribution in [1.29, 1.82) is 0 Å². The van der Waals surface area contributed by atoms with Crippen LogP contribution in [0.25, 0.3) is 0 Å². The van der Waals surface area contributed by atoms with Crippen molar-refractivity contribution in [3.8, 4) is 0 Å². The number of rotatable bonds is 3. The number of aromatic nitrogens is 2. The minimum Gasteiger partial charge on any atom is -0.396 e. The molecule has 3 heterocycles. The Morgan fingerprint density at radius 1 is 1.18 bits per heavy atom. The second-order valence-electron chi connectivity index (χ2n) is 7.52. The van der Waals surface area contributed by atoms with Crippen molar-refractivity contribution in [2.75, 3.05) is 18.8 Å². The average Bonchev–Trinajstić information content (AvgIpc) is 3.27. The molecular weight excluding hydrogens is 361 g/mol. The number of carbonyl (C=O) groups is 2. The zero-order valence-corrected chi connectivity index (χ0v) is 16.1. The van der Waals surface area contributed by atoms with E-state index in [1.54, 1.807) is 45.8 Å². The summed E-state index contributed by atoms with van der Waals surface area (Å²) in [6.07, 6.45) is 3.42. The molecule has 2 fully saturated rings. The molecule has 7 nitrogen and oxygen atoms in total. The van der Waals surface area contributed by atoms with Crippen LogP contribution in [0.5, 0.6) is 0 Å². The van der Waals surface area contributed by atoms with Crippen LogP contribution in [0, 0.1) is 12.7 Å². The molecule has 1 aromatic carbocycles. The molecule has 1 aromatic heterocycles. The van der Waals surface area contributed by atoms with E-state index in [-0.39, 0.29) is 35.1 Å². The standard InChI is InChI=1S/C20H24FN5O2/c1-3-25-9-8-16(23-25)20(28)24-10-13-5-6-14(11-24)26(13)19(27)15-7-4-12(2)17(21)18(15)22/h4,7-9,13-14H,3,5-6,10-11,22H2,1-2H3. The summed E-state index contributed by atoms with van der Waals surface area (Å²) in [6, 6.07) is 4.70. The number of likely N-dealkylation sites (tertiary alicyclic amines) is 1. The average molecular weight is 385 g/mol. The number of hydrogen-bond acceptors (Lipinski definition) is 4. The van der Waals surface area contributed by atoms with Gasteiger partial charge in [-0.05, 0) is 44.4 Å². The number of aryl methyl sites for hydroxylation is 2. The van der Waals surface area contributed by atoms with Gasteiger partial charge in [-0.3, -0.25) is 14.3 Å². The van der Waals surface area contributed by atoms with Crippen molar-refractivity contribution in [3.63, 3.8) is 0 Å². The van der Waals surface area contributed by atoms with Crippen molar-refractivity contribution in [2.45, 2.75) is 45.3 Å². The first-order chi connectivity index (χ1) is 13.4. The number of nitrogen functional groups attached to an aromatic ring is 1. The third-order valence-corrected chi connectivity index (χ3v) is 5.79. The van der Waals surface area contributed by atoms with E-state index < -0.39 is 5.82 Å². The number of carbonyl (C=O) groups excluding carboxylic acids is 2. The summed E-state index contributed by atoms with van der Waals surface area (Å²) in [5, 5.41) is 4.29. The van der Waals surface area contributed by atoms with Gasteiger partial charge in [-0.25, -0.2) is 4.39 Å². The van der Waals surface area contributed by atoms with Gasteiger partial charge in [0.1, 0.15) is 11.5 Å². The lowest BCUT2D eigenvalue weighted by atomic mass is 10.1. The molecule has 2 unspecified atom stereocenters. The molecule has 0 radical (unpaired) electrons. The van der Waals surface area contributed by atoms with Crippen molar-refractivity contribution >= 4 is 17.5 Å². The summed E-state index contributed by atoms with van der Waals surface area (Å²) in [4.78, 5) is 29.5. The monoisotopic (exact) mass is 385 g/mol. The lowest BCUT2D eigenvalue weighted by Crippen LogP contribution is -2.57. The van der Waals surface area contributed by atoms with E-state index in [0.717, 1.165) is 12.8 Å². The number of benzene rings is 1. The van der Waals surface area contributed by atoms with Gasteiger partial charge in [0.15, 0.2) is 0 Å². The van der Waals surface area contributed by atoms with Gasteiger partial charge in [-0.15, -0.1) is 0 Å². The Balaban J connectivity index is 1.53. The predicted molar refractivity (Wildman–Crippen MR) is 102 cm³/mol. The van der Waals surface area contributed by atoms with Crippen LogP contribution in [0.3, 0.4) is 0 Å². The van der Waals surface area contributed by atoms with E-state index in [1.165, 1.54) is 0 Å². The first-order valence-electron chi connectivity index (χ1n) is 9.60. The van der Waals surface area contributed by atoms with E-state index in [1.807, 2.05) is 6.92 Å². The molecule has 2 aliphatic heterocycles. The highest BCUT2D eigenvalue weighted by Gasteiger charge is 2.44. The van der Waals surface area contributed by atoms with E-state index in [4.69, 9.17) is 5.73 Å². The second-order valence-corrected chi connectivity index (χ2v) is 7.52. The lowest BCUT2D eigenvalue weighted by Gasteiger charge is -2.41. The van der Waals surface area contributed by atoms with Crippen LogP contribution < -0.4 is 5.73 Å². The first-order valence-corrected chi connectivity index (χ1v) is 9.60. The van der Waals surface area contributed by atoms with Gasteiger partial charge in [0.25, 0.3) is 11.8 Å². The summed E-state index contributed by atoms with van der Waals surface area (Å²) < 4.78 is 15.9. The second kappa shape index (κ2) is 6.92. The Bertz CT molecular complexity index is 927. The highest BCUT2D eigenvalue weighted by molar-refractivity contribution is 6.00. The van der Waals surface area contributed by atoms with Crippen molar-refractivity contribution in [1.82, 2.24) is 19.6 Å². The lowest BCUT2D eigenvalue weighted by molar-refractivity contribution is 0.0357. The van der Waals surface area contributed by atoms with Gasteiger partial charge in [-0.2, -0.15) is 5.10 Å². The van der Waals surface area contributed by atoms with E-state index in [2.05, 4.69) is 5.10 Å². The number of fused-ring (bicyclic) bond motifs is 2. The third-order valence-electron chi connectivity index (χ3n) is 5.79. The maximum atomic E-state index is 14.2. The first kappa shape index (κ1) is 18.5. The van der Waals surface area contributed by atoms with Gasteiger partial charge >= 0.3 is 0 Å². The van der Waals surface area contributed by atoms with Gasteiger partial charge in [0, 0.05) is 25.8 Å². The molecule has 2 bridgehead atoms. The molecule has 2 aromatic rings. The van der Waals surface area contributed by atoms with Crippen molar-refractivity contribution < 1.29 is 14.0 Å². The highest BCUT2D eigenvalue weighted by Crippen LogP contribution is 2.33. The molecule has 0 saturated carbocycles. The fourth-order valence-electron chi connectivity index (χ4n) is 4.24. The smallest absolute Gasteiger partial charge is 0.274 e. The Hall–Kier alpha value is -2.90. The maximum absolute atomic E-state index is 14.2. The number of nitrogens with two attached hydrogens (primary N) is 1. The number of nitrogens with zero attached hydrogens (tertiary/aromatic N) is 4. The molecule has 2 N–H and O–H groups in total. The van der Waals surface area contributed by atoms with E-state index in [9.17, 15) is 14.0 Å². The minimum absolute atomic E-state index is 0.0905. The van der Waals surface area contributed by atoms with Crippen LogP contribution in [0.1, 0.15) is 46.2 Å². The normalized spacial score (nSPS) is 21.2. The summed E-state index contributed by atoms with van der Waals surface area (Å²) >= 11 is 0. The Morgan fingerprint density at radius 2 is 1.86 bits per heavy atom. The minimum atomic E-state index is -0.543. The molecule has 28 heavy (non-hydrogen) atoms. The van der Waals surface area contributed by atoms with Crippen LogP contribution in [-0.4, -0.2) is 56.6 Å². The van der Waals surface area contributed by atoms with Crippen molar-refractivity contribution in [3.05, 3.63) is 47.0 Å². The van der Waals surface area contributed by atoms with Crippen LogP contribution in [0.2, 0.25) is 0 Å². The molecule has 8 heteroatoms. The highest BCUT2D eigenvalue weighted by atomic mass is 19.1. The van der Waals surface area contributed by atoms with Crippen molar-refractivity contribution in [2.24, 2.45) is 0 Å². The molecular formula is C20H24FN5O2. The zero-order valence-electron chi connectivity index (χ0n) is 16.1. The number of amides is 2. The van der Waals surface area contributed by atoms with Gasteiger partial charge < -0.3 is 15.5 Å². The summed E-state index contributed by atoms with van der Waals surface area (Å²) in [6.45, 7) is 5.19. The summed E-state index contributed by atoms with van der Waals surface area (Å²) in [5.74, 6) is -0.915. The van der Waals surface area contributed by atoms with Gasteiger partial charge in [0.05, 0.1) is 23.3 Å². The SMILES string of the molecule is CCn1ccc(C(=O)N2CC3CCC(C2)N3C(=O)c2ccc(C)c(F)c2N)n1. The molecule has 0 spiro atoms. The molecule has 4 rings (SSSR count). The fraction of sp³-hybridized carbons (Fsp3) is 0.450. The van der Waals surface area contributed by atoms with E-state index >= 15 is 0 Å². The number of halogens is 1. The van der Waals surface area contributed by atoms with Crippen LogP contribution in [0.15, 0.2) is 24.4 Å². The molecule has 0 aliphatic carbocycles. The third kappa shape index (κ3) is 2.93. The van der Waals surface area contributed by atoms with Crippen LogP contribution in [-0.2, 0) is 6.54 Å². The van der Waals surface area contributed by atoms with E-state index in [0.29, 0.717) is 30.9 Å². The van der Waals surface area contributed by atoms with Crippen LogP contribution in [0.4, 0.5) is 10.1 Å². The number of piperazine rings is 1. The number of hydrogen-bond donors (Lipinski definition) is 1. The topological polar surface area (TPSA) is 84.5 Å². The quantitative estimate of drug-likeness (QED) is 0.820. The maximum Gasteiger partial charge on any atom is 0.274 e. The Morgan fingerprint density at radius 3 is 2.46 bits per heavy atom. The molecule has 148 valence electrons. The zero-order chi connectivity index (χ0) is 20.0. The largest absolute Gasteiger partial charge is 0.396 e. The molecule has 2 aliphatic rings. The number of anilines is 1. The summed E-state index contributed by atoms with van der Waals surface area (Å²) in [7, 11) is 0. The van der Waals surface area contributed by atoms with Gasteiger partial charge in [-0.1, -0.05) is 6.07 Å². The summed E-state index contributed by atoms with van der Waals surface area (Å²) in [5.41, 5.74) is 6.80. The molecule has 2 saturated heterocycles. The van der Waals surface area contributed by atoms with Crippen LogP contribution >= 0.6 is 0 Å². The van der Waals surface area contributed by atoms with Gasteiger partial charge in [0.2, 0.25) is 0 Å². The molecule has 2 atom stereocenters. The Labute approximate surface area is 162 Å². The Kier molecular flexibility index (Phi) is 4.56. The fourth-order valence-corrected chi connectivity index (χ4v) is 4.24.